The summed E-state index contributed by atoms with van der Waals surface area (Å²) in [5.41, 5.74) is 2.30. The van der Waals surface area contributed by atoms with Crippen LogP contribution in [0.2, 0.25) is 0 Å². The molecule has 0 N–H and O–H groups in total. The average molecular weight is 358 g/mol. The van der Waals surface area contributed by atoms with Crippen molar-refractivity contribution in [3.8, 4) is 16.9 Å². The quantitative estimate of drug-likeness (QED) is 0.535. The van der Waals surface area contributed by atoms with E-state index >= 15 is 0 Å². The number of benzene rings is 2. The highest BCUT2D eigenvalue weighted by molar-refractivity contribution is 5.65. The Morgan fingerprint density at radius 2 is 1.58 bits per heavy atom. The summed E-state index contributed by atoms with van der Waals surface area (Å²) in [6.45, 7) is 4.58. The lowest BCUT2D eigenvalue weighted by molar-refractivity contribution is 0.295. The van der Waals surface area contributed by atoms with E-state index in [2.05, 4.69) is 19.1 Å². The van der Waals surface area contributed by atoms with Gasteiger partial charge in [-0.3, -0.25) is 0 Å². The van der Waals surface area contributed by atoms with Gasteiger partial charge in [0.05, 0.1) is 6.61 Å². The number of hydrogen-bond donors (Lipinski definition) is 0. The molecule has 2 aromatic rings. The molecular formula is C23H28F2O. The summed E-state index contributed by atoms with van der Waals surface area (Å²) in [6.07, 6.45) is 7.07. The molecular weight excluding hydrogens is 330 g/mol. The molecule has 0 spiro atoms. The smallest absolute Gasteiger partial charge is 0.201 e. The van der Waals surface area contributed by atoms with Crippen LogP contribution in [-0.2, 0) is 0 Å². The fraction of sp³-hybridized carbons (Fsp3) is 0.478. The molecule has 1 aliphatic rings. The summed E-state index contributed by atoms with van der Waals surface area (Å²) < 4.78 is 33.9. The van der Waals surface area contributed by atoms with Crippen LogP contribution in [0.15, 0.2) is 36.4 Å². The van der Waals surface area contributed by atoms with Crippen LogP contribution in [0.3, 0.4) is 0 Å². The van der Waals surface area contributed by atoms with E-state index in [0.29, 0.717) is 18.1 Å². The van der Waals surface area contributed by atoms with Gasteiger partial charge in [-0.1, -0.05) is 44.5 Å². The van der Waals surface area contributed by atoms with Gasteiger partial charge >= 0.3 is 0 Å². The van der Waals surface area contributed by atoms with Gasteiger partial charge in [0.25, 0.3) is 0 Å². The van der Waals surface area contributed by atoms with E-state index in [0.717, 1.165) is 12.3 Å². The first-order valence-electron chi connectivity index (χ1n) is 9.85. The van der Waals surface area contributed by atoms with Crippen LogP contribution in [-0.4, -0.2) is 6.61 Å². The average Bonchev–Trinajstić information content (AvgIpc) is 2.69. The van der Waals surface area contributed by atoms with Gasteiger partial charge in [0, 0.05) is 5.56 Å². The summed E-state index contributed by atoms with van der Waals surface area (Å²) in [4.78, 5) is 0. The first kappa shape index (κ1) is 18.9. The first-order chi connectivity index (χ1) is 12.6. The topological polar surface area (TPSA) is 9.23 Å². The van der Waals surface area contributed by atoms with E-state index in [1.165, 1.54) is 43.7 Å². The second-order valence-corrected chi connectivity index (χ2v) is 7.34. The molecule has 0 aromatic heterocycles. The minimum atomic E-state index is -0.905. The van der Waals surface area contributed by atoms with Crippen LogP contribution in [0.5, 0.6) is 5.75 Å². The maximum atomic E-state index is 14.5. The van der Waals surface area contributed by atoms with E-state index in [1.807, 2.05) is 19.1 Å². The summed E-state index contributed by atoms with van der Waals surface area (Å²) in [5, 5.41) is 0. The Balaban J connectivity index is 1.75. The molecule has 3 heteroatoms. The normalized spacial score (nSPS) is 20.2. The van der Waals surface area contributed by atoms with Crippen molar-refractivity contribution in [3.63, 3.8) is 0 Å². The van der Waals surface area contributed by atoms with Crippen molar-refractivity contribution in [1.29, 1.82) is 0 Å². The highest BCUT2D eigenvalue weighted by Gasteiger charge is 2.21. The second kappa shape index (κ2) is 8.66. The highest BCUT2D eigenvalue weighted by atomic mass is 19.2. The number of halogens is 2. The molecule has 1 saturated carbocycles. The molecule has 0 aliphatic heterocycles. The van der Waals surface area contributed by atoms with Crippen LogP contribution < -0.4 is 4.74 Å². The van der Waals surface area contributed by atoms with Crippen molar-refractivity contribution in [3.05, 3.63) is 53.6 Å². The predicted molar refractivity (Wildman–Crippen MR) is 103 cm³/mol. The summed E-state index contributed by atoms with van der Waals surface area (Å²) in [5.74, 6) is -0.292. The van der Waals surface area contributed by atoms with Crippen molar-refractivity contribution in [2.75, 3.05) is 6.61 Å². The van der Waals surface area contributed by atoms with E-state index in [1.54, 1.807) is 6.07 Å². The van der Waals surface area contributed by atoms with Crippen molar-refractivity contribution < 1.29 is 13.5 Å². The van der Waals surface area contributed by atoms with Gasteiger partial charge < -0.3 is 4.74 Å². The molecule has 0 bridgehead atoms. The Morgan fingerprint density at radius 3 is 2.19 bits per heavy atom. The minimum absolute atomic E-state index is 0.0163. The number of rotatable bonds is 6. The van der Waals surface area contributed by atoms with Crippen molar-refractivity contribution in [2.45, 2.75) is 58.3 Å². The lowest BCUT2D eigenvalue weighted by Crippen LogP contribution is -2.12. The van der Waals surface area contributed by atoms with Crippen molar-refractivity contribution >= 4 is 0 Å². The SMILES string of the molecule is CCCOc1ccc(-c2ccc(C3CCC(CC)CC3)cc2)c(F)c1F. The predicted octanol–water partition coefficient (Wildman–Crippen LogP) is 7.10. The molecule has 140 valence electrons. The Hall–Kier alpha value is -1.90. The molecule has 26 heavy (non-hydrogen) atoms. The molecule has 0 amide bonds. The van der Waals surface area contributed by atoms with Crippen molar-refractivity contribution in [1.82, 2.24) is 0 Å². The lowest BCUT2D eigenvalue weighted by Gasteiger charge is -2.28. The summed E-state index contributed by atoms with van der Waals surface area (Å²) in [6, 6.07) is 11.1. The molecule has 0 heterocycles. The van der Waals surface area contributed by atoms with Crippen molar-refractivity contribution in [2.24, 2.45) is 5.92 Å². The zero-order valence-electron chi connectivity index (χ0n) is 15.7. The summed E-state index contributed by atoms with van der Waals surface area (Å²) in [7, 11) is 0. The molecule has 0 saturated heterocycles. The van der Waals surface area contributed by atoms with E-state index in [-0.39, 0.29) is 11.3 Å². The zero-order valence-corrected chi connectivity index (χ0v) is 15.7. The monoisotopic (exact) mass is 358 g/mol. The Labute approximate surface area is 155 Å². The zero-order chi connectivity index (χ0) is 18.5. The van der Waals surface area contributed by atoms with Gasteiger partial charge in [0.15, 0.2) is 11.6 Å². The van der Waals surface area contributed by atoms with Gasteiger partial charge in [0.2, 0.25) is 5.82 Å². The molecule has 2 aromatic carbocycles. The molecule has 3 rings (SSSR count). The molecule has 0 radical (unpaired) electrons. The van der Waals surface area contributed by atoms with E-state index in [4.69, 9.17) is 4.74 Å². The standard InChI is InChI=1S/C23H28F2O/c1-3-15-26-21-14-13-20(22(24)23(21)25)19-11-9-18(10-12-19)17-7-5-16(4-2)6-8-17/h9-14,16-17H,3-8,15H2,1-2H3. The molecule has 1 aliphatic carbocycles. The van der Waals surface area contributed by atoms with E-state index < -0.39 is 11.6 Å². The third kappa shape index (κ3) is 4.08. The number of ether oxygens (including phenoxy) is 1. The third-order valence-corrected chi connectivity index (χ3v) is 5.63. The second-order valence-electron chi connectivity index (χ2n) is 7.34. The van der Waals surface area contributed by atoms with Crippen LogP contribution >= 0.6 is 0 Å². The highest BCUT2D eigenvalue weighted by Crippen LogP contribution is 2.38. The van der Waals surface area contributed by atoms with Gasteiger partial charge in [0.1, 0.15) is 0 Å². The maximum absolute atomic E-state index is 14.5. The first-order valence-corrected chi connectivity index (χ1v) is 9.85. The van der Waals surface area contributed by atoms with Gasteiger partial charge in [-0.25, -0.2) is 4.39 Å². The Kier molecular flexibility index (Phi) is 6.29. The number of hydrogen-bond acceptors (Lipinski definition) is 1. The maximum Gasteiger partial charge on any atom is 0.201 e. The van der Waals surface area contributed by atoms with E-state index in [9.17, 15) is 8.78 Å². The van der Waals surface area contributed by atoms with Gasteiger partial charge in [-0.15, -0.1) is 0 Å². The van der Waals surface area contributed by atoms with Crippen LogP contribution in [0, 0.1) is 17.6 Å². The third-order valence-electron chi connectivity index (χ3n) is 5.63. The molecule has 0 atom stereocenters. The van der Waals surface area contributed by atoms with Crippen LogP contribution in [0.4, 0.5) is 8.78 Å². The largest absolute Gasteiger partial charge is 0.490 e. The van der Waals surface area contributed by atoms with Crippen LogP contribution in [0.1, 0.15) is 63.9 Å². The lowest BCUT2D eigenvalue weighted by atomic mass is 9.77. The van der Waals surface area contributed by atoms with Gasteiger partial charge in [-0.2, -0.15) is 4.39 Å². The Bertz CT molecular complexity index is 716. The molecule has 0 unspecified atom stereocenters. The molecule has 1 fully saturated rings. The molecule has 1 nitrogen and oxygen atoms in total. The fourth-order valence-corrected chi connectivity index (χ4v) is 3.92. The fourth-order valence-electron chi connectivity index (χ4n) is 3.92. The minimum Gasteiger partial charge on any atom is -0.490 e. The Morgan fingerprint density at radius 1 is 0.885 bits per heavy atom. The van der Waals surface area contributed by atoms with Gasteiger partial charge in [-0.05, 0) is 67.2 Å². The van der Waals surface area contributed by atoms with Crippen LogP contribution in [0.25, 0.3) is 11.1 Å². The summed E-state index contributed by atoms with van der Waals surface area (Å²) >= 11 is 0.